The maximum atomic E-state index is 12.7. The summed E-state index contributed by atoms with van der Waals surface area (Å²) < 4.78 is 0.831. The van der Waals surface area contributed by atoms with Gasteiger partial charge in [-0.05, 0) is 37.6 Å². The minimum Gasteiger partial charge on any atom is -0.293 e. The first-order valence-corrected chi connectivity index (χ1v) is 9.71. The molecular weight excluding hydrogens is 398 g/mol. The minimum absolute atomic E-state index is 0.0335. The predicted octanol–water partition coefficient (Wildman–Crippen LogP) is 4.08. The van der Waals surface area contributed by atoms with Crippen LogP contribution in [0, 0.1) is 5.92 Å². The van der Waals surface area contributed by atoms with Gasteiger partial charge in [0, 0.05) is 16.7 Å². The van der Waals surface area contributed by atoms with E-state index in [1.54, 1.807) is 24.3 Å². The summed E-state index contributed by atoms with van der Waals surface area (Å²) in [5.41, 5.74) is 0.411. The van der Waals surface area contributed by atoms with Gasteiger partial charge >= 0.3 is 6.03 Å². The summed E-state index contributed by atoms with van der Waals surface area (Å²) in [6.07, 6.45) is 6.89. The zero-order chi connectivity index (χ0) is 19.1. The second-order valence-electron chi connectivity index (χ2n) is 6.42. The first kappa shape index (κ1) is 20.3. The summed E-state index contributed by atoms with van der Waals surface area (Å²) in [5.74, 6) is -2.30. The number of amides is 4. The Kier molecular flexibility index (Phi) is 7.50. The van der Waals surface area contributed by atoms with Crippen LogP contribution < -0.4 is 10.2 Å². The molecule has 2 rings (SSSR count). The molecule has 1 fully saturated rings. The predicted molar refractivity (Wildman–Crippen MR) is 105 cm³/mol. The molecular formula is C19H24BrN3O3. The fourth-order valence-electron chi connectivity index (χ4n) is 2.73. The van der Waals surface area contributed by atoms with Gasteiger partial charge in [0.1, 0.15) is 0 Å². The van der Waals surface area contributed by atoms with Crippen LogP contribution in [0.25, 0.3) is 0 Å². The maximum Gasteiger partial charge on any atom is 0.335 e. The molecule has 1 aliphatic rings. The molecule has 1 aliphatic heterocycles. The number of aliphatic imine (C=N–C) groups is 1. The van der Waals surface area contributed by atoms with Crippen LogP contribution >= 0.6 is 15.9 Å². The largest absolute Gasteiger partial charge is 0.335 e. The summed E-state index contributed by atoms with van der Waals surface area (Å²) >= 11 is 3.31. The highest BCUT2D eigenvalue weighted by atomic mass is 79.9. The summed E-state index contributed by atoms with van der Waals surface area (Å²) in [5, 5.41) is 2.23. The highest BCUT2D eigenvalue weighted by Crippen LogP contribution is 2.22. The Morgan fingerprint density at radius 1 is 1.19 bits per heavy atom. The Balaban J connectivity index is 2.06. The number of hydrogen-bond acceptors (Lipinski definition) is 4. The molecule has 1 N–H and O–H groups in total. The van der Waals surface area contributed by atoms with E-state index in [1.807, 2.05) is 6.92 Å². The zero-order valence-corrected chi connectivity index (χ0v) is 16.7. The van der Waals surface area contributed by atoms with E-state index in [0.717, 1.165) is 28.6 Å². The number of anilines is 1. The van der Waals surface area contributed by atoms with Crippen molar-refractivity contribution in [3.63, 3.8) is 0 Å². The molecule has 1 heterocycles. The number of barbiturate groups is 1. The van der Waals surface area contributed by atoms with E-state index in [1.165, 1.54) is 19.1 Å². The van der Waals surface area contributed by atoms with Gasteiger partial charge in [-0.1, -0.05) is 48.5 Å². The van der Waals surface area contributed by atoms with Crippen molar-refractivity contribution in [1.29, 1.82) is 0 Å². The second-order valence-corrected chi connectivity index (χ2v) is 7.33. The van der Waals surface area contributed by atoms with Crippen molar-refractivity contribution >= 4 is 45.7 Å². The Morgan fingerprint density at radius 3 is 2.54 bits per heavy atom. The van der Waals surface area contributed by atoms with E-state index in [2.05, 4.69) is 33.2 Å². The Morgan fingerprint density at radius 2 is 1.88 bits per heavy atom. The molecule has 1 saturated heterocycles. The number of unbranched alkanes of at least 4 members (excludes halogenated alkanes) is 3. The van der Waals surface area contributed by atoms with Crippen LogP contribution in [0.5, 0.6) is 0 Å². The lowest BCUT2D eigenvalue weighted by Gasteiger charge is -2.28. The smallest absolute Gasteiger partial charge is 0.293 e. The molecule has 1 unspecified atom stereocenters. The topological polar surface area (TPSA) is 78.8 Å². The van der Waals surface area contributed by atoms with Crippen molar-refractivity contribution in [3.8, 4) is 0 Å². The van der Waals surface area contributed by atoms with Crippen LogP contribution in [-0.4, -0.2) is 30.1 Å². The van der Waals surface area contributed by atoms with Gasteiger partial charge in [-0.3, -0.25) is 19.9 Å². The van der Waals surface area contributed by atoms with Gasteiger partial charge in [0.05, 0.1) is 5.69 Å². The van der Waals surface area contributed by atoms with E-state index < -0.39 is 23.8 Å². The summed E-state index contributed by atoms with van der Waals surface area (Å²) in [7, 11) is 0. The molecule has 6 nitrogen and oxygen atoms in total. The van der Waals surface area contributed by atoms with Gasteiger partial charge in [-0.2, -0.15) is 0 Å². The van der Waals surface area contributed by atoms with Gasteiger partial charge in [0.25, 0.3) is 5.91 Å². The third-order valence-corrected chi connectivity index (χ3v) is 4.78. The third kappa shape index (κ3) is 5.24. The molecule has 4 amide bonds. The number of benzene rings is 1. The molecule has 26 heavy (non-hydrogen) atoms. The van der Waals surface area contributed by atoms with Crippen molar-refractivity contribution in [2.75, 3.05) is 4.90 Å². The zero-order valence-electron chi connectivity index (χ0n) is 15.1. The average molecular weight is 422 g/mol. The van der Waals surface area contributed by atoms with E-state index in [4.69, 9.17) is 0 Å². The molecule has 1 aromatic rings. The molecule has 0 bridgehead atoms. The number of halogens is 1. The molecule has 2 atom stereocenters. The standard InChI is InChI=1S/C19H24BrN3O3/c1-3-4-5-6-7-13(2)21-12-16-17(24)22-19(26)23(18(16)25)15-10-8-14(20)9-11-15/h8-13,16H,3-7H2,1-2H3,(H,22,24,26)/t13-,16?/m1/s1. The van der Waals surface area contributed by atoms with Crippen molar-refractivity contribution in [2.45, 2.75) is 52.0 Å². The van der Waals surface area contributed by atoms with Gasteiger partial charge in [-0.25, -0.2) is 9.69 Å². The third-order valence-electron chi connectivity index (χ3n) is 4.25. The lowest BCUT2D eigenvalue weighted by atomic mass is 10.0. The van der Waals surface area contributed by atoms with Crippen LogP contribution in [0.1, 0.15) is 46.0 Å². The average Bonchev–Trinajstić information content (AvgIpc) is 2.60. The fourth-order valence-corrected chi connectivity index (χ4v) is 2.99. The highest BCUT2D eigenvalue weighted by Gasteiger charge is 2.40. The first-order chi connectivity index (χ1) is 12.4. The Bertz CT molecular complexity index is 688. The lowest BCUT2D eigenvalue weighted by molar-refractivity contribution is -0.131. The monoisotopic (exact) mass is 421 g/mol. The van der Waals surface area contributed by atoms with E-state index >= 15 is 0 Å². The summed E-state index contributed by atoms with van der Waals surface area (Å²) in [4.78, 5) is 42.2. The van der Waals surface area contributed by atoms with Crippen molar-refractivity contribution < 1.29 is 14.4 Å². The van der Waals surface area contributed by atoms with Crippen LogP contribution in [0.15, 0.2) is 33.7 Å². The Labute approximate surface area is 162 Å². The molecule has 7 heteroatoms. The van der Waals surface area contributed by atoms with Crippen LogP contribution in [-0.2, 0) is 9.59 Å². The van der Waals surface area contributed by atoms with Crippen LogP contribution in [0.4, 0.5) is 10.5 Å². The minimum atomic E-state index is -1.09. The maximum absolute atomic E-state index is 12.7. The summed E-state index contributed by atoms with van der Waals surface area (Å²) in [6.45, 7) is 4.12. The highest BCUT2D eigenvalue weighted by molar-refractivity contribution is 9.10. The number of carbonyl (C=O) groups excluding carboxylic acids is 3. The van der Waals surface area contributed by atoms with E-state index in [-0.39, 0.29) is 6.04 Å². The fraction of sp³-hybridized carbons (Fsp3) is 0.474. The summed E-state index contributed by atoms with van der Waals surface area (Å²) in [6, 6.07) is 6.04. The van der Waals surface area contributed by atoms with E-state index in [0.29, 0.717) is 5.69 Å². The number of hydrogen-bond donors (Lipinski definition) is 1. The molecule has 0 saturated carbocycles. The van der Waals surface area contributed by atoms with Gasteiger partial charge in [0.15, 0.2) is 5.92 Å². The molecule has 0 radical (unpaired) electrons. The van der Waals surface area contributed by atoms with Crippen molar-refractivity contribution in [3.05, 3.63) is 28.7 Å². The van der Waals surface area contributed by atoms with Crippen molar-refractivity contribution in [2.24, 2.45) is 10.9 Å². The SMILES string of the molecule is CCCCCC[C@@H](C)N=CC1C(=O)NC(=O)N(c2ccc(Br)cc2)C1=O. The quantitative estimate of drug-likeness (QED) is 0.390. The van der Waals surface area contributed by atoms with Gasteiger partial charge in [-0.15, -0.1) is 0 Å². The number of rotatable bonds is 8. The normalized spacial score (nSPS) is 19.1. The lowest BCUT2D eigenvalue weighted by Crippen LogP contribution is -2.58. The number of nitrogens with one attached hydrogen (secondary N) is 1. The molecule has 0 aromatic heterocycles. The van der Waals surface area contributed by atoms with Gasteiger partial charge < -0.3 is 0 Å². The van der Waals surface area contributed by atoms with Crippen LogP contribution in [0.2, 0.25) is 0 Å². The molecule has 1 aromatic carbocycles. The number of imide groups is 2. The molecule has 0 aliphatic carbocycles. The number of carbonyl (C=O) groups is 3. The second kappa shape index (κ2) is 9.62. The van der Waals surface area contributed by atoms with Crippen LogP contribution in [0.3, 0.4) is 0 Å². The van der Waals surface area contributed by atoms with Gasteiger partial charge in [0.2, 0.25) is 5.91 Å². The molecule has 140 valence electrons. The Hall–Kier alpha value is -2.02. The van der Waals surface area contributed by atoms with Crippen molar-refractivity contribution in [1.82, 2.24) is 5.32 Å². The first-order valence-electron chi connectivity index (χ1n) is 8.91. The number of nitrogens with zero attached hydrogens (tertiary/aromatic N) is 2. The van der Waals surface area contributed by atoms with E-state index in [9.17, 15) is 14.4 Å². The number of urea groups is 1. The molecule has 0 spiro atoms.